The first-order valence-electron chi connectivity index (χ1n) is 15.5. The summed E-state index contributed by atoms with van der Waals surface area (Å²) in [5, 5.41) is 10.4. The summed E-state index contributed by atoms with van der Waals surface area (Å²) in [6.45, 7) is 29.7. The molecular weight excluding hydrogens is 514 g/mol. The molecule has 11 heteroatoms. The van der Waals surface area contributed by atoms with Crippen LogP contribution in [0.25, 0.3) is 0 Å². The molecule has 246 valence electrons. The molecule has 41 heavy (non-hydrogen) atoms. The molecule has 11 N–H and O–H groups in total. The zero-order chi connectivity index (χ0) is 32.5. The number of amidine groups is 3. The predicted octanol–water partition coefficient (Wildman–Crippen LogP) is 2.32. The van der Waals surface area contributed by atoms with Crippen LogP contribution in [0.2, 0.25) is 0 Å². The SMILES string of the molecule is C=CC.CC.CC(C)N=C(N)CCNCCN(CCNCCC(N)=NC(C)C)CCNCCC(N)=NC(C)C.CN. The van der Waals surface area contributed by atoms with Crippen molar-refractivity contribution in [2.45, 2.75) is 99.7 Å². The Morgan fingerprint density at radius 2 is 0.829 bits per heavy atom. The molecule has 0 unspecified atom stereocenters. The van der Waals surface area contributed by atoms with Gasteiger partial charge >= 0.3 is 0 Å². The van der Waals surface area contributed by atoms with Gasteiger partial charge in [-0.05, 0) is 55.5 Å². The fraction of sp³-hybridized carbons (Fsp3) is 0.833. The molecule has 0 aliphatic heterocycles. The van der Waals surface area contributed by atoms with Gasteiger partial charge in [0.2, 0.25) is 0 Å². The Morgan fingerprint density at radius 3 is 1.02 bits per heavy atom. The second-order valence-electron chi connectivity index (χ2n) is 9.89. The number of rotatable bonds is 21. The Bertz CT molecular complexity index is 549. The van der Waals surface area contributed by atoms with Gasteiger partial charge in [-0.2, -0.15) is 0 Å². The molecule has 0 aromatic carbocycles. The Kier molecular flexibility index (Phi) is 40.3. The number of nitrogens with zero attached hydrogens (tertiary/aromatic N) is 4. The Hall–Kier alpha value is -2.05. The van der Waals surface area contributed by atoms with Crippen LogP contribution in [-0.2, 0) is 0 Å². The molecule has 0 aliphatic carbocycles. The van der Waals surface area contributed by atoms with Crippen molar-refractivity contribution in [3.63, 3.8) is 0 Å². The maximum Gasteiger partial charge on any atom is 0.0953 e. The molecule has 0 aromatic rings. The number of nitrogens with two attached hydrogens (primary N) is 4. The Morgan fingerprint density at radius 1 is 0.610 bits per heavy atom. The fourth-order valence-corrected chi connectivity index (χ4v) is 3.26. The first-order valence-corrected chi connectivity index (χ1v) is 15.5. The van der Waals surface area contributed by atoms with Crippen LogP contribution in [0.4, 0.5) is 0 Å². The van der Waals surface area contributed by atoms with E-state index >= 15 is 0 Å². The summed E-state index contributed by atoms with van der Waals surface area (Å²) in [4.78, 5) is 15.6. The van der Waals surface area contributed by atoms with Crippen molar-refractivity contribution in [1.82, 2.24) is 20.9 Å². The van der Waals surface area contributed by atoms with Gasteiger partial charge in [-0.3, -0.25) is 19.9 Å². The van der Waals surface area contributed by atoms with Gasteiger partial charge in [0.25, 0.3) is 0 Å². The molecule has 0 aliphatic rings. The van der Waals surface area contributed by atoms with E-state index in [0.29, 0.717) is 17.5 Å². The highest BCUT2D eigenvalue weighted by Gasteiger charge is 2.05. The van der Waals surface area contributed by atoms with Crippen molar-refractivity contribution >= 4 is 17.5 Å². The Labute approximate surface area is 254 Å². The monoisotopic (exact) mass is 586 g/mol. The maximum atomic E-state index is 5.95. The summed E-state index contributed by atoms with van der Waals surface area (Å²) >= 11 is 0. The summed E-state index contributed by atoms with van der Waals surface area (Å²) in [6.07, 6.45) is 4.08. The van der Waals surface area contributed by atoms with Crippen LogP contribution < -0.4 is 38.9 Å². The lowest BCUT2D eigenvalue weighted by Gasteiger charge is -2.23. The van der Waals surface area contributed by atoms with Crippen LogP contribution in [-0.4, -0.2) is 106 Å². The van der Waals surface area contributed by atoms with Crippen LogP contribution in [0.15, 0.2) is 27.6 Å². The standard InChI is InChI=1S/C24H54N10.C3H6.C2H6.CH5N/c1-19(2)31-22(25)7-10-28-13-16-34(17-14-29-11-8-23(26)32-20(3)4)18-15-30-12-9-24(27)33-21(5)6;1-3-2;2*1-2/h19-21,28-30H,7-18H2,1-6H3,(H2,25,31)(H2,26,32)(H2,27,33);3H,1H2,2H3;1-2H3;2H2,1H3. The van der Waals surface area contributed by atoms with Crippen LogP contribution >= 0.6 is 0 Å². The minimum atomic E-state index is 0.245. The molecule has 0 radical (unpaired) electrons. The molecule has 11 nitrogen and oxygen atoms in total. The lowest BCUT2D eigenvalue weighted by atomic mass is 10.3. The molecule has 0 amide bonds. The Balaban J connectivity index is -0.000000891. The van der Waals surface area contributed by atoms with Crippen LogP contribution in [0.3, 0.4) is 0 Å². The molecule has 0 atom stereocenters. The predicted molar refractivity (Wildman–Crippen MR) is 187 cm³/mol. The zero-order valence-corrected chi connectivity index (χ0v) is 28.6. The van der Waals surface area contributed by atoms with Gasteiger partial charge in [-0.15, -0.1) is 6.58 Å². The van der Waals surface area contributed by atoms with Gasteiger partial charge in [-0.1, -0.05) is 19.9 Å². The van der Waals surface area contributed by atoms with E-state index in [0.717, 1.165) is 78.2 Å². The molecule has 0 saturated carbocycles. The fourth-order valence-electron chi connectivity index (χ4n) is 3.26. The van der Waals surface area contributed by atoms with E-state index in [4.69, 9.17) is 17.2 Å². The van der Waals surface area contributed by atoms with Crippen molar-refractivity contribution < 1.29 is 0 Å². The second kappa shape index (κ2) is 36.0. The van der Waals surface area contributed by atoms with Gasteiger partial charge in [0.05, 0.1) is 17.5 Å². The van der Waals surface area contributed by atoms with Gasteiger partial charge in [0.1, 0.15) is 0 Å². The smallest absolute Gasteiger partial charge is 0.0953 e. The van der Waals surface area contributed by atoms with E-state index in [2.05, 4.69) is 48.1 Å². The highest BCUT2D eigenvalue weighted by atomic mass is 15.2. The minimum absolute atomic E-state index is 0.245. The average molecular weight is 586 g/mol. The topological polar surface area (TPSA) is 180 Å². The van der Waals surface area contributed by atoms with Crippen LogP contribution in [0, 0.1) is 0 Å². The average Bonchev–Trinajstić information content (AvgIpc) is 2.89. The van der Waals surface area contributed by atoms with Crippen molar-refractivity contribution in [1.29, 1.82) is 0 Å². The first-order chi connectivity index (χ1) is 19.5. The third-order valence-electron chi connectivity index (χ3n) is 4.76. The molecule has 0 rings (SSSR count). The molecule has 0 fully saturated rings. The van der Waals surface area contributed by atoms with Gasteiger partial charge in [0.15, 0.2) is 0 Å². The van der Waals surface area contributed by atoms with Crippen molar-refractivity contribution in [3.05, 3.63) is 12.7 Å². The van der Waals surface area contributed by atoms with Gasteiger partial charge in [0, 0.05) is 96.3 Å². The van der Waals surface area contributed by atoms with E-state index in [9.17, 15) is 0 Å². The highest BCUT2D eigenvalue weighted by Crippen LogP contribution is 1.92. The van der Waals surface area contributed by atoms with Crippen molar-refractivity contribution in [2.75, 3.05) is 66.0 Å². The van der Waals surface area contributed by atoms with Gasteiger partial charge < -0.3 is 38.9 Å². The zero-order valence-electron chi connectivity index (χ0n) is 28.6. The van der Waals surface area contributed by atoms with Gasteiger partial charge in [-0.25, -0.2) is 0 Å². The number of aliphatic imine (C=N–C) groups is 3. The molecule has 0 spiro atoms. The molecule has 0 bridgehead atoms. The summed E-state index contributed by atoms with van der Waals surface area (Å²) in [5.41, 5.74) is 22.3. The third-order valence-corrected chi connectivity index (χ3v) is 4.76. The second-order valence-corrected chi connectivity index (χ2v) is 9.89. The van der Waals surface area contributed by atoms with E-state index < -0.39 is 0 Å². The summed E-state index contributed by atoms with van der Waals surface area (Å²) in [7, 11) is 1.50. The van der Waals surface area contributed by atoms with Crippen molar-refractivity contribution in [3.8, 4) is 0 Å². The number of hydrogen-bond acceptors (Lipinski definition) is 8. The van der Waals surface area contributed by atoms with E-state index in [-0.39, 0.29) is 18.1 Å². The summed E-state index contributed by atoms with van der Waals surface area (Å²) in [6, 6.07) is 0.735. The normalized spacial score (nSPS) is 12.0. The summed E-state index contributed by atoms with van der Waals surface area (Å²) in [5.74, 6) is 2.15. The van der Waals surface area contributed by atoms with E-state index in [1.165, 1.54) is 7.05 Å². The minimum Gasteiger partial charge on any atom is -0.387 e. The lowest BCUT2D eigenvalue weighted by molar-refractivity contribution is 0.273. The van der Waals surface area contributed by atoms with E-state index in [1.54, 1.807) is 6.08 Å². The lowest BCUT2D eigenvalue weighted by Crippen LogP contribution is -2.41. The number of allylic oxidation sites excluding steroid dienone is 1. The van der Waals surface area contributed by atoms with E-state index in [1.807, 2.05) is 62.3 Å². The third kappa shape index (κ3) is 42.6. The number of hydrogen-bond donors (Lipinski definition) is 7. The molecule has 0 heterocycles. The first kappa shape index (κ1) is 45.9. The quantitative estimate of drug-likeness (QED) is 0.0464. The summed E-state index contributed by atoms with van der Waals surface area (Å²) < 4.78 is 0. The van der Waals surface area contributed by atoms with Crippen LogP contribution in [0.1, 0.15) is 81.6 Å². The maximum absolute atomic E-state index is 5.95. The molecule has 0 saturated heterocycles. The molecule has 0 aromatic heterocycles. The highest BCUT2D eigenvalue weighted by molar-refractivity contribution is 5.81. The largest absolute Gasteiger partial charge is 0.387 e. The molecular formula is C30H71N11. The van der Waals surface area contributed by atoms with Crippen molar-refractivity contribution in [2.24, 2.45) is 37.9 Å². The number of nitrogens with one attached hydrogen (secondary N) is 3. The van der Waals surface area contributed by atoms with Crippen LogP contribution in [0.5, 0.6) is 0 Å².